The minimum absolute atomic E-state index is 0.196. The monoisotopic (exact) mass is 252 g/mol. The lowest BCUT2D eigenvalue weighted by Crippen LogP contribution is -2.38. The van der Waals surface area contributed by atoms with Crippen molar-refractivity contribution in [3.63, 3.8) is 0 Å². The molecule has 0 aromatic heterocycles. The first-order valence-corrected chi connectivity index (χ1v) is 6.12. The third-order valence-corrected chi connectivity index (χ3v) is 2.76. The van der Waals surface area contributed by atoms with Crippen LogP contribution in [0, 0.1) is 0 Å². The fourth-order valence-electron chi connectivity index (χ4n) is 1.30. The predicted molar refractivity (Wildman–Crippen MR) is 66.1 cm³/mol. The van der Waals surface area contributed by atoms with Crippen molar-refractivity contribution in [3.05, 3.63) is 30.3 Å². The summed E-state index contributed by atoms with van der Waals surface area (Å²) < 4.78 is 5.13. The summed E-state index contributed by atoms with van der Waals surface area (Å²) in [7, 11) is 0. The summed E-state index contributed by atoms with van der Waals surface area (Å²) in [5.41, 5.74) is 0. The van der Waals surface area contributed by atoms with Crippen molar-refractivity contribution in [3.8, 4) is 5.75 Å². The van der Waals surface area contributed by atoms with Gasteiger partial charge in [-0.3, -0.25) is 5.01 Å². The van der Waals surface area contributed by atoms with Gasteiger partial charge in [0.05, 0.1) is 0 Å². The maximum atomic E-state index is 11.7. The van der Waals surface area contributed by atoms with Crippen molar-refractivity contribution in [1.29, 1.82) is 0 Å². The zero-order valence-corrected chi connectivity index (χ0v) is 10.1. The lowest BCUT2D eigenvalue weighted by Gasteiger charge is -2.13. The van der Waals surface area contributed by atoms with Gasteiger partial charge in [0.15, 0.2) is 5.17 Å². The summed E-state index contributed by atoms with van der Waals surface area (Å²) in [6, 6.07) is 8.83. The maximum absolute atomic E-state index is 11.7. The van der Waals surface area contributed by atoms with Gasteiger partial charge in [-0.2, -0.15) is 5.01 Å². The molecule has 1 aromatic rings. The zero-order valence-electron chi connectivity index (χ0n) is 9.24. The standard InChI is InChI=1S/C10H12N4O2S/c1-17-9-12-14(7-13(9)11)10(15)16-8-5-3-2-4-6-8/h2-6H,7,11H2,1H3. The van der Waals surface area contributed by atoms with Crippen LogP contribution in [0.25, 0.3) is 0 Å². The first-order valence-electron chi connectivity index (χ1n) is 4.90. The number of nitrogens with two attached hydrogens (primary N) is 1. The third kappa shape index (κ3) is 2.69. The summed E-state index contributed by atoms with van der Waals surface area (Å²) in [4.78, 5) is 11.7. The highest BCUT2D eigenvalue weighted by Crippen LogP contribution is 2.15. The Labute approximate surface area is 103 Å². The highest BCUT2D eigenvalue weighted by atomic mass is 32.2. The Morgan fingerprint density at radius 3 is 2.76 bits per heavy atom. The van der Waals surface area contributed by atoms with Crippen LogP contribution in [0.2, 0.25) is 0 Å². The fraction of sp³-hybridized carbons (Fsp3) is 0.200. The van der Waals surface area contributed by atoms with E-state index in [-0.39, 0.29) is 6.67 Å². The van der Waals surface area contributed by atoms with Crippen LogP contribution < -0.4 is 10.6 Å². The molecule has 90 valence electrons. The average Bonchev–Trinajstić information content (AvgIpc) is 2.72. The highest BCUT2D eigenvalue weighted by Gasteiger charge is 2.26. The molecule has 2 rings (SSSR count). The summed E-state index contributed by atoms with van der Waals surface area (Å²) in [5, 5.41) is 7.17. The number of thioether (sulfide) groups is 1. The van der Waals surface area contributed by atoms with E-state index < -0.39 is 6.09 Å². The molecule has 0 saturated heterocycles. The van der Waals surface area contributed by atoms with Crippen LogP contribution in [0.3, 0.4) is 0 Å². The number of rotatable bonds is 1. The van der Waals surface area contributed by atoms with Gasteiger partial charge in [0, 0.05) is 0 Å². The molecule has 0 bridgehead atoms. The number of amidine groups is 1. The molecule has 1 heterocycles. The minimum atomic E-state index is -0.546. The molecule has 1 aliphatic heterocycles. The van der Waals surface area contributed by atoms with Gasteiger partial charge in [0.2, 0.25) is 0 Å². The first kappa shape index (κ1) is 11.7. The number of hydrogen-bond donors (Lipinski definition) is 1. The molecule has 2 N–H and O–H groups in total. The number of hydrogen-bond acceptors (Lipinski definition) is 6. The number of amides is 1. The van der Waals surface area contributed by atoms with Crippen LogP contribution in [0.15, 0.2) is 35.4 Å². The van der Waals surface area contributed by atoms with Crippen molar-refractivity contribution in [2.24, 2.45) is 10.9 Å². The number of benzene rings is 1. The second-order valence-electron chi connectivity index (χ2n) is 3.28. The smallest absolute Gasteiger partial charge is 0.409 e. The van der Waals surface area contributed by atoms with Gasteiger partial charge >= 0.3 is 6.09 Å². The van der Waals surface area contributed by atoms with Crippen molar-refractivity contribution in [2.75, 3.05) is 12.9 Å². The summed E-state index contributed by atoms with van der Waals surface area (Å²) in [5.74, 6) is 6.12. The van der Waals surface area contributed by atoms with Crippen molar-refractivity contribution in [1.82, 2.24) is 10.0 Å². The fourth-order valence-corrected chi connectivity index (χ4v) is 1.77. The molecular formula is C10H12N4O2S. The van der Waals surface area contributed by atoms with Crippen LogP contribution in [-0.2, 0) is 0 Å². The normalized spacial score (nSPS) is 14.8. The second kappa shape index (κ2) is 5.07. The lowest BCUT2D eigenvalue weighted by molar-refractivity contribution is 0.146. The van der Waals surface area contributed by atoms with Crippen LogP contribution in [-0.4, -0.2) is 34.2 Å². The van der Waals surface area contributed by atoms with Gasteiger partial charge in [-0.1, -0.05) is 30.0 Å². The number of ether oxygens (including phenoxy) is 1. The largest absolute Gasteiger partial charge is 0.437 e. The Morgan fingerprint density at radius 2 is 2.18 bits per heavy atom. The molecule has 7 heteroatoms. The quantitative estimate of drug-likeness (QED) is 0.762. The summed E-state index contributed by atoms with van der Waals surface area (Å²) in [6.07, 6.45) is 1.29. The van der Waals surface area contributed by atoms with Crippen molar-refractivity contribution in [2.45, 2.75) is 0 Å². The molecule has 6 nitrogen and oxygen atoms in total. The number of carbonyl (C=O) groups is 1. The Bertz CT molecular complexity index is 437. The predicted octanol–water partition coefficient (Wildman–Crippen LogP) is 1.27. The van der Waals surface area contributed by atoms with Gasteiger partial charge in [0.1, 0.15) is 12.4 Å². The first-order chi connectivity index (χ1) is 8.20. The second-order valence-corrected chi connectivity index (χ2v) is 4.05. The van der Waals surface area contributed by atoms with E-state index in [2.05, 4.69) is 5.10 Å². The third-order valence-electron chi connectivity index (χ3n) is 2.08. The van der Waals surface area contributed by atoms with Gasteiger partial charge in [0.25, 0.3) is 0 Å². The number of hydrazone groups is 1. The lowest BCUT2D eigenvalue weighted by atomic mass is 10.3. The molecule has 1 aromatic carbocycles. The van der Waals surface area contributed by atoms with Crippen LogP contribution >= 0.6 is 11.8 Å². The van der Waals surface area contributed by atoms with Crippen LogP contribution in [0.5, 0.6) is 5.75 Å². The Kier molecular flexibility index (Phi) is 3.50. The Morgan fingerprint density at radius 1 is 1.47 bits per heavy atom. The molecular weight excluding hydrogens is 240 g/mol. The summed E-state index contributed by atoms with van der Waals surface area (Å²) >= 11 is 1.37. The molecule has 0 aliphatic carbocycles. The number of para-hydroxylation sites is 1. The van der Waals surface area contributed by atoms with E-state index in [1.807, 2.05) is 12.3 Å². The van der Waals surface area contributed by atoms with E-state index in [1.165, 1.54) is 21.8 Å². The number of hydrazine groups is 1. The molecule has 1 aliphatic rings. The van der Waals surface area contributed by atoms with Crippen molar-refractivity contribution >= 4 is 23.0 Å². The zero-order chi connectivity index (χ0) is 12.3. The molecule has 1 amide bonds. The SMILES string of the molecule is CSC1=NN(C(=O)Oc2ccccc2)CN1N. The number of nitrogens with zero attached hydrogens (tertiary/aromatic N) is 3. The topological polar surface area (TPSA) is 71.2 Å². The van der Waals surface area contributed by atoms with Crippen LogP contribution in [0.1, 0.15) is 0 Å². The van der Waals surface area contributed by atoms with Gasteiger partial charge in [-0.15, -0.1) is 5.10 Å². The molecule has 0 saturated carbocycles. The van der Waals surface area contributed by atoms with Gasteiger partial charge < -0.3 is 4.74 Å². The molecule has 17 heavy (non-hydrogen) atoms. The van der Waals surface area contributed by atoms with E-state index in [1.54, 1.807) is 24.3 Å². The van der Waals surface area contributed by atoms with Crippen molar-refractivity contribution < 1.29 is 9.53 Å². The molecule has 0 fully saturated rings. The van der Waals surface area contributed by atoms with Gasteiger partial charge in [-0.25, -0.2) is 10.6 Å². The van der Waals surface area contributed by atoms with E-state index in [4.69, 9.17) is 10.6 Å². The molecule has 0 unspecified atom stereocenters. The van der Waals surface area contributed by atoms with E-state index in [9.17, 15) is 4.79 Å². The highest BCUT2D eigenvalue weighted by molar-refractivity contribution is 8.13. The summed E-state index contributed by atoms with van der Waals surface area (Å²) in [6.45, 7) is 0.196. The van der Waals surface area contributed by atoms with Gasteiger partial charge in [-0.05, 0) is 18.4 Å². The Balaban J connectivity index is 2.01. The number of carbonyl (C=O) groups excluding carboxylic acids is 1. The van der Waals surface area contributed by atoms with E-state index >= 15 is 0 Å². The van der Waals surface area contributed by atoms with E-state index in [0.717, 1.165) is 0 Å². The maximum Gasteiger partial charge on any atom is 0.437 e. The van der Waals surface area contributed by atoms with Crippen LogP contribution in [0.4, 0.5) is 4.79 Å². The Hall–Kier alpha value is -1.73. The molecule has 0 spiro atoms. The van der Waals surface area contributed by atoms with E-state index in [0.29, 0.717) is 10.9 Å². The molecule has 0 atom stereocenters. The minimum Gasteiger partial charge on any atom is -0.409 e. The molecule has 0 radical (unpaired) electrons. The average molecular weight is 252 g/mol.